The van der Waals surface area contributed by atoms with Gasteiger partial charge >= 0.3 is 6.09 Å². The van der Waals surface area contributed by atoms with Gasteiger partial charge in [-0.1, -0.05) is 11.6 Å². The van der Waals surface area contributed by atoms with Gasteiger partial charge in [0.1, 0.15) is 11.7 Å². The quantitative estimate of drug-likeness (QED) is 0.240. The molecule has 12 nitrogen and oxygen atoms in total. The molecular weight excluding hydrogens is 646 g/mol. The molecule has 1 N–H and O–H groups in total. The number of nitriles is 1. The molecule has 48 heavy (non-hydrogen) atoms. The lowest BCUT2D eigenvalue weighted by Crippen LogP contribution is -2.51. The van der Waals surface area contributed by atoms with Gasteiger partial charge in [-0.2, -0.15) is 9.65 Å². The lowest BCUT2D eigenvalue weighted by Gasteiger charge is -2.36. The van der Waals surface area contributed by atoms with Crippen molar-refractivity contribution in [1.82, 2.24) is 29.1 Å². The molecular formula is C33H35ClF2N8O4. The van der Waals surface area contributed by atoms with Gasteiger partial charge in [-0.3, -0.25) is 14.1 Å². The van der Waals surface area contributed by atoms with E-state index in [-0.39, 0.29) is 34.0 Å². The molecule has 0 bridgehead atoms. The van der Waals surface area contributed by atoms with Crippen molar-refractivity contribution in [3.05, 3.63) is 71.1 Å². The molecule has 0 aliphatic carbocycles. The summed E-state index contributed by atoms with van der Waals surface area (Å²) in [7, 11) is 1.71. The number of likely N-dealkylation sites (N-methyl/N-ethyl adjacent to an activating group) is 1. The number of benzene rings is 2. The average molecular weight is 681 g/mol. The van der Waals surface area contributed by atoms with Crippen LogP contribution in [-0.4, -0.2) is 99.6 Å². The predicted octanol–water partition coefficient (Wildman–Crippen LogP) is 5.60. The second kappa shape index (κ2) is 14.4. The number of rotatable bonds is 9. The molecule has 4 aromatic rings. The van der Waals surface area contributed by atoms with Crippen LogP contribution < -0.4 is 10.1 Å². The number of hydrogen-bond donors (Lipinski definition) is 1. The number of aromatic nitrogens is 3. The van der Waals surface area contributed by atoms with E-state index >= 15 is 0 Å². The highest BCUT2D eigenvalue weighted by Gasteiger charge is 2.26. The van der Waals surface area contributed by atoms with Crippen LogP contribution in [0, 0.1) is 23.0 Å². The lowest BCUT2D eigenvalue weighted by atomic mass is 10.1. The van der Waals surface area contributed by atoms with Crippen molar-refractivity contribution in [2.45, 2.75) is 26.4 Å². The van der Waals surface area contributed by atoms with Crippen LogP contribution in [0.4, 0.5) is 25.1 Å². The van der Waals surface area contributed by atoms with E-state index in [2.05, 4.69) is 20.2 Å². The number of hydrogen-bond acceptors (Lipinski definition) is 9. The SMILES string of the molecule is CN(CCN1CCN(C(=O)OC(C)(C)C)CC1)C(=O)c1ccc(Nc2nccn3c(-c4ccc(OCC#N)c(F)c4F)cnc23)cc1Cl. The molecule has 0 saturated carbocycles. The summed E-state index contributed by atoms with van der Waals surface area (Å²) in [6.45, 7) is 8.67. The van der Waals surface area contributed by atoms with Crippen LogP contribution in [0.3, 0.4) is 0 Å². The van der Waals surface area contributed by atoms with Crippen LogP contribution in [-0.2, 0) is 4.74 Å². The van der Waals surface area contributed by atoms with E-state index in [9.17, 15) is 18.4 Å². The Kier molecular flexibility index (Phi) is 10.3. The van der Waals surface area contributed by atoms with Crippen molar-refractivity contribution >= 4 is 40.8 Å². The summed E-state index contributed by atoms with van der Waals surface area (Å²) >= 11 is 6.56. The number of amides is 2. The Morgan fingerprint density at radius 1 is 1.10 bits per heavy atom. The number of ether oxygens (including phenoxy) is 2. The number of anilines is 2. The first kappa shape index (κ1) is 34.3. The summed E-state index contributed by atoms with van der Waals surface area (Å²) < 4.78 is 41.5. The van der Waals surface area contributed by atoms with Gasteiger partial charge in [-0.15, -0.1) is 0 Å². The van der Waals surface area contributed by atoms with Crippen LogP contribution >= 0.6 is 11.6 Å². The van der Waals surface area contributed by atoms with Crippen LogP contribution in [0.15, 0.2) is 48.9 Å². The van der Waals surface area contributed by atoms with Crippen LogP contribution in [0.25, 0.3) is 16.9 Å². The van der Waals surface area contributed by atoms with E-state index < -0.39 is 23.8 Å². The first-order valence-electron chi connectivity index (χ1n) is 15.2. The summed E-state index contributed by atoms with van der Waals surface area (Å²) in [6, 6.07) is 9.22. The maximum absolute atomic E-state index is 15.0. The number of halogens is 3. The van der Waals surface area contributed by atoms with Gasteiger partial charge < -0.3 is 24.6 Å². The number of imidazole rings is 1. The maximum Gasteiger partial charge on any atom is 0.410 e. The average Bonchev–Trinajstić information content (AvgIpc) is 3.48. The van der Waals surface area contributed by atoms with Crippen LogP contribution in [0.2, 0.25) is 5.02 Å². The van der Waals surface area contributed by atoms with Gasteiger partial charge in [-0.05, 0) is 51.1 Å². The van der Waals surface area contributed by atoms with Gasteiger partial charge in [0, 0.05) is 70.0 Å². The van der Waals surface area contributed by atoms with Crippen molar-refractivity contribution in [2.24, 2.45) is 0 Å². The van der Waals surface area contributed by atoms with Crippen molar-refractivity contribution < 1.29 is 27.8 Å². The minimum absolute atomic E-state index is 0.0560. The molecule has 2 aromatic heterocycles. The minimum Gasteiger partial charge on any atom is -0.476 e. The largest absolute Gasteiger partial charge is 0.476 e. The second-order valence-corrected chi connectivity index (χ2v) is 12.6. The molecule has 0 unspecified atom stereocenters. The smallest absolute Gasteiger partial charge is 0.410 e. The zero-order valence-electron chi connectivity index (χ0n) is 27.0. The van der Waals surface area contributed by atoms with E-state index in [1.54, 1.807) is 51.7 Å². The molecule has 1 aliphatic heterocycles. The van der Waals surface area contributed by atoms with Gasteiger partial charge in [-0.25, -0.2) is 19.2 Å². The van der Waals surface area contributed by atoms with Gasteiger partial charge in [0.15, 0.2) is 29.6 Å². The number of fused-ring (bicyclic) bond motifs is 1. The lowest BCUT2D eigenvalue weighted by molar-refractivity contribution is 0.0141. The minimum atomic E-state index is -1.21. The Balaban J connectivity index is 1.21. The van der Waals surface area contributed by atoms with E-state index in [4.69, 9.17) is 26.3 Å². The van der Waals surface area contributed by atoms with Gasteiger partial charge in [0.2, 0.25) is 5.82 Å². The molecule has 15 heteroatoms. The molecule has 0 spiro atoms. The normalized spacial score (nSPS) is 13.7. The van der Waals surface area contributed by atoms with E-state index in [1.807, 2.05) is 20.8 Å². The van der Waals surface area contributed by atoms with E-state index in [1.165, 1.54) is 24.5 Å². The predicted molar refractivity (Wildman–Crippen MR) is 175 cm³/mol. The molecule has 2 amide bonds. The van der Waals surface area contributed by atoms with Gasteiger partial charge in [0.05, 0.1) is 22.5 Å². The highest BCUT2D eigenvalue weighted by atomic mass is 35.5. The third-order valence-electron chi connectivity index (χ3n) is 7.63. The topological polar surface area (TPSA) is 128 Å². The summed E-state index contributed by atoms with van der Waals surface area (Å²) in [5.74, 6) is -2.64. The fraction of sp³-hybridized carbons (Fsp3) is 0.364. The number of nitrogens with zero attached hydrogens (tertiary/aromatic N) is 7. The summed E-state index contributed by atoms with van der Waals surface area (Å²) in [4.78, 5) is 39.8. The van der Waals surface area contributed by atoms with Crippen molar-refractivity contribution in [3.8, 4) is 23.1 Å². The highest BCUT2D eigenvalue weighted by Crippen LogP contribution is 2.32. The third-order valence-corrected chi connectivity index (χ3v) is 7.94. The third kappa shape index (κ3) is 7.75. The molecule has 0 atom stereocenters. The summed E-state index contributed by atoms with van der Waals surface area (Å²) in [5.41, 5.74) is 0.861. The number of nitrogens with one attached hydrogen (secondary N) is 1. The maximum atomic E-state index is 15.0. The second-order valence-electron chi connectivity index (χ2n) is 12.2. The van der Waals surface area contributed by atoms with Crippen LogP contribution in [0.5, 0.6) is 5.75 Å². The van der Waals surface area contributed by atoms with E-state index in [0.29, 0.717) is 62.0 Å². The van der Waals surface area contributed by atoms with Crippen molar-refractivity contribution in [2.75, 3.05) is 58.2 Å². The van der Waals surface area contributed by atoms with Crippen molar-refractivity contribution in [3.63, 3.8) is 0 Å². The molecule has 3 heterocycles. The molecule has 1 aliphatic rings. The number of carbonyl (C=O) groups is 2. The fourth-order valence-electron chi connectivity index (χ4n) is 5.14. The molecule has 0 radical (unpaired) electrons. The first-order chi connectivity index (χ1) is 22.9. The molecule has 252 valence electrons. The number of carbonyl (C=O) groups excluding carboxylic acids is 2. The highest BCUT2D eigenvalue weighted by molar-refractivity contribution is 6.34. The molecule has 1 fully saturated rings. The van der Waals surface area contributed by atoms with Crippen molar-refractivity contribution in [1.29, 1.82) is 5.26 Å². The Morgan fingerprint density at radius 2 is 1.85 bits per heavy atom. The van der Waals surface area contributed by atoms with Gasteiger partial charge in [0.25, 0.3) is 5.91 Å². The molecule has 1 saturated heterocycles. The Bertz CT molecular complexity index is 1860. The summed E-state index contributed by atoms with van der Waals surface area (Å²) in [5, 5.41) is 12.0. The van der Waals surface area contributed by atoms with Crippen LogP contribution in [0.1, 0.15) is 31.1 Å². The fourth-order valence-corrected chi connectivity index (χ4v) is 5.40. The Hall–Kier alpha value is -5.00. The number of piperazine rings is 1. The Labute approximate surface area is 281 Å². The zero-order chi connectivity index (χ0) is 34.6. The molecule has 5 rings (SSSR count). The van der Waals surface area contributed by atoms with E-state index in [0.717, 1.165) is 0 Å². The first-order valence-corrected chi connectivity index (χ1v) is 15.6. The monoisotopic (exact) mass is 680 g/mol. The zero-order valence-corrected chi connectivity index (χ0v) is 27.7. The summed E-state index contributed by atoms with van der Waals surface area (Å²) in [6.07, 6.45) is 4.11. The standard InChI is InChI=1S/C33H35ClF2N8O4/c1-33(2,3)48-32(46)43-16-14-42(15-17-43)13-12-41(4)31(45)22-6-5-21(19-24(22)34)40-29-30-39-20-25(44(30)11-10-38-29)23-7-8-26(47-18-9-37)28(36)27(23)35/h5-8,10-11,19-20H,12-18H2,1-4H3,(H,38,40). The Morgan fingerprint density at radius 3 is 2.54 bits per heavy atom. The molecule has 2 aromatic carbocycles.